The summed E-state index contributed by atoms with van der Waals surface area (Å²) >= 11 is 0. The second-order valence-corrected chi connectivity index (χ2v) is 6.53. The molecule has 0 fully saturated rings. The molecule has 0 spiro atoms. The van der Waals surface area contributed by atoms with E-state index in [4.69, 9.17) is 4.74 Å². The number of carbonyl (C=O) groups is 2. The number of amides is 1. The SMILES string of the molecule is Cc1cccc(COc2ccc(/C=C(/NC(=O)c3ccccc3)C(=O)O)cc2)c1. The van der Waals surface area contributed by atoms with Crippen LogP contribution in [0.5, 0.6) is 5.75 Å². The van der Waals surface area contributed by atoms with Crippen LogP contribution in [-0.4, -0.2) is 17.0 Å². The maximum Gasteiger partial charge on any atom is 0.352 e. The zero-order valence-electron chi connectivity index (χ0n) is 16.0. The Hall–Kier alpha value is -3.86. The smallest absolute Gasteiger partial charge is 0.352 e. The molecule has 0 aliphatic heterocycles. The molecule has 0 saturated carbocycles. The zero-order chi connectivity index (χ0) is 20.6. The number of rotatable bonds is 7. The van der Waals surface area contributed by atoms with Gasteiger partial charge >= 0.3 is 5.97 Å². The molecule has 146 valence electrons. The molecule has 2 N–H and O–H groups in total. The summed E-state index contributed by atoms with van der Waals surface area (Å²) in [4.78, 5) is 23.7. The van der Waals surface area contributed by atoms with Gasteiger partial charge in [-0.1, -0.05) is 60.2 Å². The molecule has 3 aromatic rings. The van der Waals surface area contributed by atoms with E-state index >= 15 is 0 Å². The first-order valence-corrected chi connectivity index (χ1v) is 9.11. The quantitative estimate of drug-likeness (QED) is 0.588. The van der Waals surface area contributed by atoms with E-state index in [1.54, 1.807) is 54.6 Å². The van der Waals surface area contributed by atoms with Crippen LogP contribution in [0.25, 0.3) is 6.08 Å². The van der Waals surface area contributed by atoms with E-state index in [9.17, 15) is 14.7 Å². The number of hydrogen-bond acceptors (Lipinski definition) is 3. The van der Waals surface area contributed by atoms with Gasteiger partial charge in [0.1, 0.15) is 18.1 Å². The van der Waals surface area contributed by atoms with Crippen LogP contribution in [0.2, 0.25) is 0 Å². The fourth-order valence-corrected chi connectivity index (χ4v) is 2.73. The van der Waals surface area contributed by atoms with Crippen molar-refractivity contribution < 1.29 is 19.4 Å². The third-order valence-electron chi connectivity index (χ3n) is 4.19. The summed E-state index contributed by atoms with van der Waals surface area (Å²) in [6, 6.07) is 23.5. The lowest BCUT2D eigenvalue weighted by Gasteiger charge is -2.08. The Balaban J connectivity index is 1.67. The van der Waals surface area contributed by atoms with Crippen LogP contribution in [-0.2, 0) is 11.4 Å². The van der Waals surface area contributed by atoms with Crippen molar-refractivity contribution in [2.75, 3.05) is 0 Å². The van der Waals surface area contributed by atoms with E-state index in [2.05, 4.69) is 11.4 Å². The van der Waals surface area contributed by atoms with Gasteiger partial charge in [0.25, 0.3) is 5.91 Å². The highest BCUT2D eigenvalue weighted by Crippen LogP contribution is 2.16. The summed E-state index contributed by atoms with van der Waals surface area (Å²) in [5, 5.41) is 11.8. The molecule has 3 aromatic carbocycles. The number of carboxylic acids is 1. The fraction of sp³-hybridized carbons (Fsp3) is 0.0833. The van der Waals surface area contributed by atoms with Crippen molar-refractivity contribution in [2.24, 2.45) is 0 Å². The number of ether oxygens (including phenoxy) is 1. The summed E-state index contributed by atoms with van der Waals surface area (Å²) in [7, 11) is 0. The molecule has 0 radical (unpaired) electrons. The van der Waals surface area contributed by atoms with Gasteiger partial charge in [0.05, 0.1) is 0 Å². The first kappa shape index (κ1) is 19.9. The Morgan fingerprint density at radius 1 is 0.966 bits per heavy atom. The van der Waals surface area contributed by atoms with E-state index in [-0.39, 0.29) is 5.70 Å². The van der Waals surface area contributed by atoms with Gasteiger partial charge in [-0.2, -0.15) is 0 Å². The van der Waals surface area contributed by atoms with Crippen molar-refractivity contribution >= 4 is 18.0 Å². The number of benzene rings is 3. The van der Waals surface area contributed by atoms with Crippen LogP contribution in [0.4, 0.5) is 0 Å². The maximum absolute atomic E-state index is 12.2. The standard InChI is InChI=1S/C24H21NO4/c1-17-6-5-7-19(14-17)16-29-21-12-10-18(11-13-21)15-22(24(27)28)25-23(26)20-8-3-2-4-9-20/h2-15H,16H2,1H3,(H,25,26)(H,27,28)/b22-15+. The van der Waals surface area contributed by atoms with Gasteiger partial charge in [-0.15, -0.1) is 0 Å². The summed E-state index contributed by atoms with van der Waals surface area (Å²) < 4.78 is 5.77. The molecule has 0 aliphatic carbocycles. The van der Waals surface area contributed by atoms with Gasteiger partial charge < -0.3 is 15.2 Å². The second-order valence-electron chi connectivity index (χ2n) is 6.53. The van der Waals surface area contributed by atoms with Crippen LogP contribution < -0.4 is 10.1 Å². The second kappa shape index (κ2) is 9.37. The topological polar surface area (TPSA) is 75.6 Å². The third kappa shape index (κ3) is 5.81. The monoisotopic (exact) mass is 387 g/mol. The Morgan fingerprint density at radius 3 is 2.34 bits per heavy atom. The van der Waals surface area contributed by atoms with Crippen molar-refractivity contribution in [3.05, 3.63) is 107 Å². The number of carboxylic acid groups (broad SMARTS) is 1. The van der Waals surface area contributed by atoms with Gasteiger partial charge in [0, 0.05) is 5.56 Å². The lowest BCUT2D eigenvalue weighted by molar-refractivity contribution is -0.132. The average Bonchev–Trinajstić information content (AvgIpc) is 2.73. The van der Waals surface area contributed by atoms with Crippen molar-refractivity contribution in [1.82, 2.24) is 5.32 Å². The van der Waals surface area contributed by atoms with Crippen LogP contribution in [0.1, 0.15) is 27.0 Å². The fourth-order valence-electron chi connectivity index (χ4n) is 2.73. The van der Waals surface area contributed by atoms with Crippen LogP contribution in [0.3, 0.4) is 0 Å². The van der Waals surface area contributed by atoms with Gasteiger partial charge in [-0.05, 0) is 48.4 Å². The van der Waals surface area contributed by atoms with E-state index in [1.807, 2.05) is 25.1 Å². The van der Waals surface area contributed by atoms with Crippen molar-refractivity contribution in [1.29, 1.82) is 0 Å². The number of hydrogen-bond donors (Lipinski definition) is 2. The molecule has 0 heterocycles. The highest BCUT2D eigenvalue weighted by molar-refractivity contribution is 6.02. The third-order valence-corrected chi connectivity index (χ3v) is 4.19. The molecule has 0 unspecified atom stereocenters. The summed E-state index contributed by atoms with van der Waals surface area (Å²) in [6.07, 6.45) is 1.41. The molecule has 0 aliphatic rings. The first-order chi connectivity index (χ1) is 14.0. The minimum atomic E-state index is -1.21. The Kier molecular flexibility index (Phi) is 6.43. The van der Waals surface area contributed by atoms with E-state index in [0.29, 0.717) is 23.5 Å². The lowest BCUT2D eigenvalue weighted by atomic mass is 10.1. The molecule has 3 rings (SSSR count). The van der Waals surface area contributed by atoms with Gasteiger partial charge in [0.15, 0.2) is 0 Å². The van der Waals surface area contributed by atoms with Crippen LogP contribution >= 0.6 is 0 Å². The number of carbonyl (C=O) groups excluding carboxylic acids is 1. The number of nitrogens with one attached hydrogen (secondary N) is 1. The Bertz CT molecular complexity index is 1020. The molecule has 5 heteroatoms. The molecule has 0 aromatic heterocycles. The summed E-state index contributed by atoms with van der Waals surface area (Å²) in [5.41, 5.74) is 3.07. The van der Waals surface area contributed by atoms with Crippen molar-refractivity contribution in [2.45, 2.75) is 13.5 Å². The van der Waals surface area contributed by atoms with Crippen molar-refractivity contribution in [3.8, 4) is 5.75 Å². The molecule has 0 bridgehead atoms. The van der Waals surface area contributed by atoms with Crippen LogP contribution in [0.15, 0.2) is 84.6 Å². The summed E-state index contributed by atoms with van der Waals surface area (Å²) in [5.74, 6) is -1.01. The number of aryl methyl sites for hydroxylation is 1. The lowest BCUT2D eigenvalue weighted by Crippen LogP contribution is -2.27. The average molecular weight is 387 g/mol. The largest absolute Gasteiger partial charge is 0.489 e. The molecule has 29 heavy (non-hydrogen) atoms. The normalized spacial score (nSPS) is 11.0. The predicted molar refractivity (Wildman–Crippen MR) is 111 cm³/mol. The molecule has 0 saturated heterocycles. The maximum atomic E-state index is 12.2. The first-order valence-electron chi connectivity index (χ1n) is 9.11. The highest BCUT2D eigenvalue weighted by atomic mass is 16.5. The Labute approximate surface area is 169 Å². The van der Waals surface area contributed by atoms with Gasteiger partial charge in [-0.25, -0.2) is 4.79 Å². The van der Waals surface area contributed by atoms with Gasteiger partial charge in [0.2, 0.25) is 0 Å². The predicted octanol–water partition coefficient (Wildman–Crippen LogP) is 4.43. The Morgan fingerprint density at radius 2 is 1.69 bits per heavy atom. The number of aliphatic carboxylic acids is 1. The minimum absolute atomic E-state index is 0.202. The molecule has 5 nitrogen and oxygen atoms in total. The molecular formula is C24H21NO4. The van der Waals surface area contributed by atoms with E-state index in [0.717, 1.165) is 5.56 Å². The van der Waals surface area contributed by atoms with E-state index < -0.39 is 11.9 Å². The molecule has 1 amide bonds. The molecular weight excluding hydrogens is 366 g/mol. The van der Waals surface area contributed by atoms with Gasteiger partial charge in [-0.3, -0.25) is 4.79 Å². The molecule has 0 atom stereocenters. The summed E-state index contributed by atoms with van der Waals surface area (Å²) in [6.45, 7) is 2.48. The van der Waals surface area contributed by atoms with Crippen LogP contribution in [0, 0.1) is 6.92 Å². The minimum Gasteiger partial charge on any atom is -0.489 e. The highest BCUT2D eigenvalue weighted by Gasteiger charge is 2.13. The van der Waals surface area contributed by atoms with Crippen molar-refractivity contribution in [3.63, 3.8) is 0 Å². The zero-order valence-corrected chi connectivity index (χ0v) is 16.0. The van der Waals surface area contributed by atoms with E-state index in [1.165, 1.54) is 11.6 Å².